The van der Waals surface area contributed by atoms with Gasteiger partial charge in [-0.05, 0) is 0 Å². The summed E-state index contributed by atoms with van der Waals surface area (Å²) in [6, 6.07) is 42.0. The average Bonchev–Trinajstić information content (AvgIpc) is 3.85. The third-order valence-corrected chi connectivity index (χ3v) is 29.7. The fourth-order valence-corrected chi connectivity index (χ4v) is 26.7. The Bertz CT molecular complexity index is 2250. The van der Waals surface area contributed by atoms with Crippen LogP contribution in [0.25, 0.3) is 33.4 Å². The van der Waals surface area contributed by atoms with Gasteiger partial charge in [-0.3, -0.25) is 0 Å². The standard InChI is InChI=1S/C33H33.C8H17.C6H5.C5H5.CH2.Zr/c1-32(2,3)30-20-26-24(18-28(30)22-13-9-7-10-14-22)17-25-19-29(23-15-11-8-12-16-23)31(21-27(25)26)33(4,5)6;1-3-5-7-8-6-4-2;1-2-4-6-5-3-1;1-2-4-5-3-1;;/h7-16,18,20-21H,17H2,1-6H3;1,3-8H2,2H3;1-5H;1-3H,4H2;1H2;. The first kappa shape index (κ1) is 38.6. The number of hydrogen-bond donors (Lipinski definition) is 0. The van der Waals surface area contributed by atoms with E-state index in [1.807, 2.05) is 0 Å². The minimum absolute atomic E-state index is 0.0126. The monoisotopic (exact) mass is 788 g/mol. The van der Waals surface area contributed by atoms with Crippen molar-refractivity contribution in [1.29, 1.82) is 0 Å². The molecule has 7 rings (SSSR count). The third kappa shape index (κ3) is 6.89. The van der Waals surface area contributed by atoms with E-state index in [9.17, 15) is 0 Å². The Kier molecular flexibility index (Phi) is 10.8. The molecule has 2 aliphatic rings. The van der Waals surface area contributed by atoms with Crippen molar-refractivity contribution in [3.63, 3.8) is 0 Å². The molecule has 0 saturated heterocycles. The SMILES string of the molecule is [CH2]=[Zr]([CH2]CCCCCCC)([C]1=CC=CC1)([c]1ccccc1)[c]1c2c(cc(C(C)(C)C)c1-c1ccccc1)-c1cc(C(C)(C)C)c(-c3ccccc3)cc1C2. The first-order valence-corrected chi connectivity index (χ1v) is 28.0. The maximum atomic E-state index is 5.93. The zero-order valence-electron chi connectivity index (χ0n) is 34.2. The van der Waals surface area contributed by atoms with Crippen molar-refractivity contribution in [2.24, 2.45) is 0 Å². The van der Waals surface area contributed by atoms with Gasteiger partial charge in [-0.25, -0.2) is 0 Å². The van der Waals surface area contributed by atoms with Crippen molar-refractivity contribution in [1.82, 2.24) is 0 Å². The van der Waals surface area contributed by atoms with Gasteiger partial charge in [0.15, 0.2) is 0 Å². The van der Waals surface area contributed by atoms with Crippen LogP contribution < -0.4 is 6.54 Å². The Labute approximate surface area is 328 Å². The van der Waals surface area contributed by atoms with Crippen LogP contribution in [-0.4, -0.2) is 4.21 Å². The Morgan fingerprint density at radius 3 is 1.78 bits per heavy atom. The fraction of sp³-hybridized carbons (Fsp3) is 0.340. The van der Waals surface area contributed by atoms with Crippen LogP contribution in [0.3, 0.4) is 0 Å². The topological polar surface area (TPSA) is 0 Å². The summed E-state index contributed by atoms with van der Waals surface area (Å²) < 4.78 is 11.9. The number of rotatable bonds is 12. The molecule has 0 saturated carbocycles. The van der Waals surface area contributed by atoms with Crippen LogP contribution in [-0.2, 0) is 35.5 Å². The Hall–Kier alpha value is -3.67. The van der Waals surface area contributed by atoms with Crippen molar-refractivity contribution < 1.29 is 18.3 Å². The van der Waals surface area contributed by atoms with Crippen molar-refractivity contribution in [3.8, 4) is 33.4 Å². The van der Waals surface area contributed by atoms with Crippen LogP contribution in [0.5, 0.6) is 0 Å². The number of hydrogen-bond acceptors (Lipinski definition) is 0. The van der Waals surface area contributed by atoms with Crippen molar-refractivity contribution in [2.45, 2.75) is 115 Å². The van der Waals surface area contributed by atoms with E-state index in [0.717, 1.165) is 12.8 Å². The summed E-state index contributed by atoms with van der Waals surface area (Å²) >= 11 is -4.72. The molecule has 0 aromatic heterocycles. The van der Waals surface area contributed by atoms with Crippen LogP contribution in [0, 0.1) is 0 Å². The van der Waals surface area contributed by atoms with Gasteiger partial charge in [-0.2, -0.15) is 0 Å². The summed E-state index contributed by atoms with van der Waals surface area (Å²) in [4.78, 5) is 0. The number of benzene rings is 5. The second-order valence-corrected chi connectivity index (χ2v) is 32.3. The predicted molar refractivity (Wildman–Crippen MR) is 236 cm³/mol. The molecule has 1 heteroatoms. The van der Waals surface area contributed by atoms with Crippen molar-refractivity contribution in [3.05, 3.63) is 153 Å². The van der Waals surface area contributed by atoms with Gasteiger partial charge in [-0.15, -0.1) is 0 Å². The van der Waals surface area contributed by atoms with E-state index in [0.29, 0.717) is 0 Å². The summed E-state index contributed by atoms with van der Waals surface area (Å²) in [5.41, 5.74) is 14.1. The number of unbranched alkanes of at least 4 members (excludes halogenated alkanes) is 5. The minimum atomic E-state index is -4.72. The molecule has 0 nitrogen and oxygen atoms in total. The molecule has 0 fully saturated rings. The first-order chi connectivity index (χ1) is 25.9. The molecule has 5 aromatic rings. The molecule has 0 radical (unpaired) electrons. The molecule has 0 atom stereocenters. The van der Waals surface area contributed by atoms with Crippen LogP contribution in [0.2, 0.25) is 4.13 Å². The zero-order valence-corrected chi connectivity index (χ0v) is 36.7. The van der Waals surface area contributed by atoms with Gasteiger partial charge in [0.05, 0.1) is 0 Å². The molecular formula is C53H62Zr. The van der Waals surface area contributed by atoms with Gasteiger partial charge in [-0.1, -0.05) is 0 Å². The molecule has 0 heterocycles. The van der Waals surface area contributed by atoms with Crippen LogP contribution in [0.1, 0.15) is 116 Å². The van der Waals surface area contributed by atoms with E-state index in [4.69, 9.17) is 4.21 Å². The van der Waals surface area contributed by atoms with Crippen LogP contribution in [0.4, 0.5) is 0 Å². The maximum absolute atomic E-state index is 5.93. The van der Waals surface area contributed by atoms with Gasteiger partial charge < -0.3 is 0 Å². The second-order valence-electron chi connectivity index (χ2n) is 18.6. The summed E-state index contributed by atoms with van der Waals surface area (Å²) in [5.74, 6) is 0. The average molecular weight is 790 g/mol. The van der Waals surface area contributed by atoms with E-state index in [2.05, 4.69) is 176 Å². The summed E-state index contributed by atoms with van der Waals surface area (Å²) in [5, 5.41) is 0. The molecule has 0 N–H and O–H groups in total. The Morgan fingerprint density at radius 1 is 0.611 bits per heavy atom. The Morgan fingerprint density at radius 2 is 1.19 bits per heavy atom. The molecule has 5 aromatic carbocycles. The molecule has 54 heavy (non-hydrogen) atoms. The molecule has 0 bridgehead atoms. The summed E-state index contributed by atoms with van der Waals surface area (Å²) in [6.45, 7) is 16.7. The van der Waals surface area contributed by atoms with E-state index in [1.54, 1.807) is 12.1 Å². The first-order valence-electron chi connectivity index (χ1n) is 20.8. The van der Waals surface area contributed by atoms with Gasteiger partial charge in [0.1, 0.15) is 0 Å². The molecule has 0 amide bonds. The summed E-state index contributed by atoms with van der Waals surface area (Å²) in [7, 11) is 0. The van der Waals surface area contributed by atoms with Crippen molar-refractivity contribution in [2.75, 3.05) is 0 Å². The summed E-state index contributed by atoms with van der Waals surface area (Å²) in [6.07, 6.45) is 16.9. The number of fused-ring (bicyclic) bond motifs is 3. The zero-order chi connectivity index (χ0) is 38.2. The van der Waals surface area contributed by atoms with E-state index in [-0.39, 0.29) is 10.8 Å². The van der Waals surface area contributed by atoms with Crippen molar-refractivity contribution >= 4 is 10.8 Å². The van der Waals surface area contributed by atoms with Gasteiger partial charge >= 0.3 is 330 Å². The normalized spacial score (nSPS) is 14.3. The molecule has 0 aliphatic heterocycles. The molecule has 0 unspecified atom stereocenters. The molecular weight excluding hydrogens is 728 g/mol. The quantitative estimate of drug-likeness (QED) is 0.108. The number of allylic oxidation sites excluding steroid dienone is 4. The fourth-order valence-electron chi connectivity index (χ4n) is 9.97. The van der Waals surface area contributed by atoms with Gasteiger partial charge in [0.2, 0.25) is 0 Å². The second kappa shape index (κ2) is 15.1. The third-order valence-electron chi connectivity index (χ3n) is 12.8. The molecule has 278 valence electrons. The predicted octanol–water partition coefficient (Wildman–Crippen LogP) is 13.9. The van der Waals surface area contributed by atoms with E-state index >= 15 is 0 Å². The molecule has 0 spiro atoms. The van der Waals surface area contributed by atoms with E-state index < -0.39 is 18.3 Å². The van der Waals surface area contributed by atoms with Crippen LogP contribution in [0.15, 0.2) is 131 Å². The van der Waals surface area contributed by atoms with Crippen LogP contribution >= 0.6 is 0 Å². The van der Waals surface area contributed by atoms with E-state index in [1.165, 1.54) is 96.0 Å². The molecule has 2 aliphatic carbocycles. The van der Waals surface area contributed by atoms with Gasteiger partial charge in [0, 0.05) is 0 Å². The Balaban J connectivity index is 1.62. The van der Waals surface area contributed by atoms with Gasteiger partial charge in [0.25, 0.3) is 0 Å².